The Bertz CT molecular complexity index is 530. The van der Waals surface area contributed by atoms with Crippen LogP contribution < -0.4 is 4.74 Å². The van der Waals surface area contributed by atoms with Gasteiger partial charge in [-0.3, -0.25) is 4.79 Å². The van der Waals surface area contributed by atoms with Gasteiger partial charge >= 0.3 is 5.97 Å². The molecule has 19 heavy (non-hydrogen) atoms. The van der Waals surface area contributed by atoms with Crippen LogP contribution in [0.15, 0.2) is 12.1 Å². The average molecular weight is 264 g/mol. The summed E-state index contributed by atoms with van der Waals surface area (Å²) in [6.07, 6.45) is 3.44. The Morgan fingerprint density at radius 2 is 2.00 bits per heavy atom. The van der Waals surface area contributed by atoms with Crippen molar-refractivity contribution in [3.05, 3.63) is 29.1 Å². The summed E-state index contributed by atoms with van der Waals surface area (Å²) in [7, 11) is 2.82. The third-order valence-corrected chi connectivity index (χ3v) is 4.19. The van der Waals surface area contributed by atoms with Crippen LogP contribution in [0.5, 0.6) is 5.75 Å². The normalized spacial score (nSPS) is 19.9. The summed E-state index contributed by atoms with van der Waals surface area (Å²) in [6.45, 7) is 0. The number of benzene rings is 1. The summed E-state index contributed by atoms with van der Waals surface area (Å²) in [5.41, 5.74) is 0.647. The van der Waals surface area contributed by atoms with Gasteiger partial charge in [-0.15, -0.1) is 0 Å². The van der Waals surface area contributed by atoms with Gasteiger partial charge in [-0.05, 0) is 37.2 Å². The SMILES string of the molecule is COC(=O)C1(c2ccc(C3CC3)c(F)c2OC)CC1. The zero-order chi connectivity index (χ0) is 13.6. The van der Waals surface area contributed by atoms with Crippen LogP contribution in [0.3, 0.4) is 0 Å². The first kappa shape index (κ1) is 12.5. The Labute approximate surface area is 111 Å². The number of methoxy groups -OCH3 is 2. The number of hydrogen-bond donors (Lipinski definition) is 0. The molecule has 0 atom stereocenters. The molecule has 1 aromatic rings. The first-order chi connectivity index (χ1) is 9.14. The molecule has 4 heteroatoms. The van der Waals surface area contributed by atoms with Crippen LogP contribution >= 0.6 is 0 Å². The van der Waals surface area contributed by atoms with Gasteiger partial charge in [-0.1, -0.05) is 12.1 Å². The van der Waals surface area contributed by atoms with Crippen molar-refractivity contribution in [1.29, 1.82) is 0 Å². The Balaban J connectivity index is 2.07. The average Bonchev–Trinajstić information content (AvgIpc) is 3.29. The number of rotatable bonds is 4. The lowest BCUT2D eigenvalue weighted by molar-refractivity contribution is -0.143. The van der Waals surface area contributed by atoms with E-state index in [2.05, 4.69) is 0 Å². The molecule has 2 fully saturated rings. The highest BCUT2D eigenvalue weighted by Gasteiger charge is 2.54. The number of ether oxygens (including phenoxy) is 2. The van der Waals surface area contributed by atoms with E-state index in [9.17, 15) is 9.18 Å². The lowest BCUT2D eigenvalue weighted by Gasteiger charge is -2.18. The van der Waals surface area contributed by atoms with Crippen molar-refractivity contribution in [2.75, 3.05) is 14.2 Å². The minimum Gasteiger partial charge on any atom is -0.493 e. The molecule has 0 bridgehead atoms. The van der Waals surface area contributed by atoms with Crippen molar-refractivity contribution < 1.29 is 18.7 Å². The molecule has 0 aliphatic heterocycles. The molecule has 2 saturated carbocycles. The van der Waals surface area contributed by atoms with Gasteiger partial charge in [0.2, 0.25) is 0 Å². The quantitative estimate of drug-likeness (QED) is 0.784. The van der Waals surface area contributed by atoms with E-state index in [-0.39, 0.29) is 17.5 Å². The van der Waals surface area contributed by atoms with Crippen LogP contribution in [0, 0.1) is 5.82 Å². The number of carbonyl (C=O) groups excluding carboxylic acids is 1. The molecule has 0 heterocycles. The fourth-order valence-corrected chi connectivity index (χ4v) is 2.76. The van der Waals surface area contributed by atoms with Crippen LogP contribution in [0.1, 0.15) is 42.7 Å². The van der Waals surface area contributed by atoms with Gasteiger partial charge in [0.1, 0.15) is 0 Å². The van der Waals surface area contributed by atoms with Crippen LogP contribution in [-0.4, -0.2) is 20.2 Å². The van der Waals surface area contributed by atoms with E-state index in [1.807, 2.05) is 6.07 Å². The summed E-state index contributed by atoms with van der Waals surface area (Å²) in [4.78, 5) is 11.9. The lowest BCUT2D eigenvalue weighted by Crippen LogP contribution is -2.23. The van der Waals surface area contributed by atoms with Crippen molar-refractivity contribution in [1.82, 2.24) is 0 Å². The first-order valence-electron chi connectivity index (χ1n) is 6.59. The standard InChI is InChI=1S/C15H17FO3/c1-18-13-11(15(7-8-15)14(17)19-2)6-5-10(12(13)16)9-3-4-9/h5-6,9H,3-4,7-8H2,1-2H3. The van der Waals surface area contributed by atoms with E-state index in [1.165, 1.54) is 14.2 Å². The fourth-order valence-electron chi connectivity index (χ4n) is 2.76. The maximum absolute atomic E-state index is 14.5. The molecular weight excluding hydrogens is 247 g/mol. The minimum atomic E-state index is -0.691. The maximum Gasteiger partial charge on any atom is 0.316 e. The van der Waals surface area contributed by atoms with Gasteiger partial charge in [-0.25, -0.2) is 4.39 Å². The first-order valence-corrected chi connectivity index (χ1v) is 6.59. The Morgan fingerprint density at radius 1 is 1.32 bits per heavy atom. The zero-order valence-corrected chi connectivity index (χ0v) is 11.2. The Hall–Kier alpha value is -1.58. The van der Waals surface area contributed by atoms with E-state index in [4.69, 9.17) is 9.47 Å². The molecule has 0 N–H and O–H groups in total. The zero-order valence-electron chi connectivity index (χ0n) is 11.2. The van der Waals surface area contributed by atoms with Crippen LogP contribution in [0.4, 0.5) is 4.39 Å². The molecule has 0 saturated heterocycles. The molecule has 0 unspecified atom stereocenters. The lowest BCUT2D eigenvalue weighted by atomic mass is 9.92. The van der Waals surface area contributed by atoms with Crippen molar-refractivity contribution >= 4 is 5.97 Å². The van der Waals surface area contributed by atoms with Gasteiger partial charge in [-0.2, -0.15) is 0 Å². The van der Waals surface area contributed by atoms with Crippen molar-refractivity contribution in [2.45, 2.75) is 37.0 Å². The second-order valence-corrected chi connectivity index (χ2v) is 5.40. The van der Waals surface area contributed by atoms with Crippen molar-refractivity contribution in [3.8, 4) is 5.75 Å². The predicted molar refractivity (Wildman–Crippen MR) is 67.9 cm³/mol. The second-order valence-electron chi connectivity index (χ2n) is 5.40. The molecule has 0 spiro atoms. The van der Waals surface area contributed by atoms with E-state index >= 15 is 0 Å². The van der Waals surface area contributed by atoms with Crippen LogP contribution in [0.25, 0.3) is 0 Å². The summed E-state index contributed by atoms with van der Waals surface area (Å²) < 4.78 is 24.5. The highest BCUT2D eigenvalue weighted by Crippen LogP contribution is 2.54. The number of carbonyl (C=O) groups is 1. The molecule has 2 aliphatic rings. The minimum absolute atomic E-state index is 0.215. The molecular formula is C15H17FO3. The summed E-state index contributed by atoms with van der Waals surface area (Å²) in [5.74, 6) is -0.0782. The van der Waals surface area contributed by atoms with Crippen molar-refractivity contribution in [3.63, 3.8) is 0 Å². The van der Waals surface area contributed by atoms with Crippen LogP contribution in [0.2, 0.25) is 0 Å². The van der Waals surface area contributed by atoms with Gasteiger partial charge in [0.05, 0.1) is 19.6 Å². The van der Waals surface area contributed by atoms with Crippen LogP contribution in [-0.2, 0) is 14.9 Å². The topological polar surface area (TPSA) is 35.5 Å². The number of esters is 1. The van der Waals surface area contributed by atoms with E-state index in [1.54, 1.807) is 6.07 Å². The highest BCUT2D eigenvalue weighted by molar-refractivity contribution is 5.87. The van der Waals surface area contributed by atoms with Gasteiger partial charge in [0.15, 0.2) is 11.6 Å². The second kappa shape index (κ2) is 4.22. The highest BCUT2D eigenvalue weighted by atomic mass is 19.1. The Morgan fingerprint density at radius 3 is 2.47 bits per heavy atom. The molecule has 1 aromatic carbocycles. The monoisotopic (exact) mass is 264 g/mol. The summed E-state index contributed by atoms with van der Waals surface area (Å²) in [5, 5.41) is 0. The molecule has 0 aromatic heterocycles. The van der Waals surface area contributed by atoms with Gasteiger partial charge in [0, 0.05) is 5.56 Å². The van der Waals surface area contributed by atoms with E-state index in [0.717, 1.165) is 12.8 Å². The van der Waals surface area contributed by atoms with E-state index in [0.29, 0.717) is 29.9 Å². The molecule has 0 amide bonds. The van der Waals surface area contributed by atoms with Gasteiger partial charge < -0.3 is 9.47 Å². The third kappa shape index (κ3) is 1.81. The number of hydrogen-bond acceptors (Lipinski definition) is 3. The third-order valence-electron chi connectivity index (χ3n) is 4.19. The summed E-state index contributed by atoms with van der Waals surface area (Å²) in [6, 6.07) is 3.63. The smallest absolute Gasteiger partial charge is 0.316 e. The van der Waals surface area contributed by atoms with E-state index < -0.39 is 5.41 Å². The molecule has 0 radical (unpaired) electrons. The number of halogens is 1. The molecule has 102 valence electrons. The molecule has 3 rings (SSSR count). The van der Waals surface area contributed by atoms with Crippen molar-refractivity contribution in [2.24, 2.45) is 0 Å². The largest absolute Gasteiger partial charge is 0.493 e. The molecule has 3 nitrogen and oxygen atoms in total. The maximum atomic E-state index is 14.5. The molecule has 2 aliphatic carbocycles. The predicted octanol–water partition coefficient (Wildman–Crippen LogP) is 2.92. The van der Waals surface area contributed by atoms with Gasteiger partial charge in [0.25, 0.3) is 0 Å². The summed E-state index contributed by atoms with van der Waals surface area (Å²) >= 11 is 0. The Kier molecular flexibility index (Phi) is 2.77. The fraction of sp³-hybridized carbons (Fsp3) is 0.533.